The van der Waals surface area contributed by atoms with Crippen LogP contribution in [0.5, 0.6) is 0 Å². The molecule has 5 nitrogen and oxygen atoms in total. The molecule has 0 aliphatic heterocycles. The van der Waals surface area contributed by atoms with Crippen LogP contribution in [0.1, 0.15) is 5.76 Å². The number of nitrogens with two attached hydrogens (primary N) is 1. The van der Waals surface area contributed by atoms with Crippen LogP contribution in [0.4, 0.5) is 5.82 Å². The Balaban J connectivity index is 2.45. The number of nitrogens with one attached hydrogen (secondary N) is 1. The van der Waals surface area contributed by atoms with E-state index in [1.54, 1.807) is 13.0 Å². The number of carbonyl (C=O) groups excluding carboxylic acids is 1. The molecule has 0 saturated heterocycles. The molecule has 1 aromatic rings. The molecule has 0 fully saturated rings. The van der Waals surface area contributed by atoms with Gasteiger partial charge in [0, 0.05) is 6.07 Å². The zero-order chi connectivity index (χ0) is 8.27. The topological polar surface area (TPSA) is 81.1 Å². The van der Waals surface area contributed by atoms with E-state index in [-0.39, 0.29) is 6.54 Å². The van der Waals surface area contributed by atoms with Gasteiger partial charge in [0.05, 0.1) is 6.54 Å². The van der Waals surface area contributed by atoms with Gasteiger partial charge in [0.25, 0.3) is 0 Å². The fourth-order valence-electron chi connectivity index (χ4n) is 0.627. The first kappa shape index (κ1) is 7.59. The summed E-state index contributed by atoms with van der Waals surface area (Å²) < 4.78 is 4.73. The van der Waals surface area contributed by atoms with Crippen LogP contribution < -0.4 is 11.1 Å². The van der Waals surface area contributed by atoms with Crippen molar-refractivity contribution in [1.29, 1.82) is 0 Å². The molecule has 60 valence electrons. The smallest absolute Gasteiger partial charge is 0.236 e. The molecule has 1 aromatic heterocycles. The number of rotatable bonds is 3. The molecule has 5 heteroatoms. The van der Waals surface area contributed by atoms with Crippen molar-refractivity contribution in [3.8, 4) is 0 Å². The van der Waals surface area contributed by atoms with Gasteiger partial charge in [0.1, 0.15) is 5.76 Å². The predicted octanol–water partition coefficient (Wildman–Crippen LogP) is -0.120. The summed E-state index contributed by atoms with van der Waals surface area (Å²) in [5.41, 5.74) is 4.89. The van der Waals surface area contributed by atoms with Gasteiger partial charge < -0.3 is 15.6 Å². The van der Waals surface area contributed by atoms with Crippen molar-refractivity contribution >= 4 is 11.7 Å². The molecule has 0 aliphatic rings. The number of aryl methyl sites for hydroxylation is 1. The quantitative estimate of drug-likeness (QED) is 0.637. The summed E-state index contributed by atoms with van der Waals surface area (Å²) in [4.78, 5) is 10.3. The first-order valence-electron chi connectivity index (χ1n) is 3.14. The molecular formula is C6H9N3O2. The molecular weight excluding hydrogens is 146 g/mol. The zero-order valence-electron chi connectivity index (χ0n) is 6.13. The molecule has 0 atom stereocenters. The van der Waals surface area contributed by atoms with E-state index >= 15 is 0 Å². The van der Waals surface area contributed by atoms with Gasteiger partial charge >= 0.3 is 0 Å². The minimum Gasteiger partial charge on any atom is -0.368 e. The van der Waals surface area contributed by atoms with Gasteiger partial charge in [-0.3, -0.25) is 4.79 Å². The van der Waals surface area contributed by atoms with Crippen LogP contribution in [0.15, 0.2) is 10.6 Å². The lowest BCUT2D eigenvalue weighted by molar-refractivity contribution is -0.116. The predicted molar refractivity (Wildman–Crippen MR) is 38.9 cm³/mol. The van der Waals surface area contributed by atoms with Crippen molar-refractivity contribution in [3.63, 3.8) is 0 Å². The van der Waals surface area contributed by atoms with E-state index in [1.165, 1.54) is 0 Å². The molecule has 1 amide bonds. The van der Waals surface area contributed by atoms with Crippen LogP contribution in [0.3, 0.4) is 0 Å². The van der Waals surface area contributed by atoms with Crippen molar-refractivity contribution in [2.24, 2.45) is 5.73 Å². The Labute approximate surface area is 63.5 Å². The molecule has 3 N–H and O–H groups in total. The van der Waals surface area contributed by atoms with Crippen LogP contribution in [0, 0.1) is 6.92 Å². The minimum atomic E-state index is -0.425. The summed E-state index contributed by atoms with van der Waals surface area (Å²) in [6.07, 6.45) is 0. The van der Waals surface area contributed by atoms with E-state index in [9.17, 15) is 4.79 Å². The number of nitrogens with zero attached hydrogens (tertiary/aromatic N) is 1. The first-order chi connectivity index (χ1) is 5.18. The maximum absolute atomic E-state index is 10.3. The largest absolute Gasteiger partial charge is 0.368 e. The summed E-state index contributed by atoms with van der Waals surface area (Å²) >= 11 is 0. The standard InChI is InChI=1S/C6H9N3O2/c1-4-2-6(9-11-4)8-3-5(7)10/h2H,3H2,1H3,(H2,7,10)(H,8,9). The summed E-state index contributed by atoms with van der Waals surface area (Å²) in [6, 6.07) is 1.68. The monoisotopic (exact) mass is 155 g/mol. The average molecular weight is 155 g/mol. The number of hydrogen-bond acceptors (Lipinski definition) is 4. The Morgan fingerprint density at radius 1 is 1.91 bits per heavy atom. The fraction of sp³-hybridized carbons (Fsp3) is 0.333. The van der Waals surface area contributed by atoms with Gasteiger partial charge in [0.2, 0.25) is 5.91 Å². The highest BCUT2D eigenvalue weighted by atomic mass is 16.5. The molecule has 1 heterocycles. The molecule has 0 aromatic carbocycles. The third kappa shape index (κ3) is 2.29. The molecule has 0 spiro atoms. The number of amides is 1. The minimum absolute atomic E-state index is 0.0754. The first-order valence-corrected chi connectivity index (χ1v) is 3.14. The second kappa shape index (κ2) is 3.05. The molecule has 0 bridgehead atoms. The second-order valence-corrected chi connectivity index (χ2v) is 2.14. The van der Waals surface area contributed by atoms with Crippen LogP contribution in [0.25, 0.3) is 0 Å². The zero-order valence-corrected chi connectivity index (χ0v) is 6.13. The van der Waals surface area contributed by atoms with Gasteiger partial charge in [-0.25, -0.2) is 0 Å². The Morgan fingerprint density at radius 2 is 2.64 bits per heavy atom. The van der Waals surface area contributed by atoms with Gasteiger partial charge in [0.15, 0.2) is 5.82 Å². The van der Waals surface area contributed by atoms with Gasteiger partial charge in [-0.15, -0.1) is 0 Å². The summed E-state index contributed by atoms with van der Waals surface area (Å²) in [7, 11) is 0. The number of aromatic nitrogens is 1. The number of primary amides is 1. The Hall–Kier alpha value is -1.52. The van der Waals surface area contributed by atoms with Gasteiger partial charge in [-0.2, -0.15) is 0 Å². The molecule has 0 aliphatic carbocycles. The maximum atomic E-state index is 10.3. The highest BCUT2D eigenvalue weighted by Crippen LogP contribution is 2.05. The van der Waals surface area contributed by atoms with Crippen LogP contribution in [-0.2, 0) is 4.79 Å². The maximum Gasteiger partial charge on any atom is 0.236 e. The summed E-state index contributed by atoms with van der Waals surface area (Å²) in [5, 5.41) is 6.28. The highest BCUT2D eigenvalue weighted by Gasteiger charge is 1.99. The van der Waals surface area contributed by atoms with E-state index in [2.05, 4.69) is 10.5 Å². The lowest BCUT2D eigenvalue weighted by Gasteiger charge is -1.94. The van der Waals surface area contributed by atoms with Crippen molar-refractivity contribution in [2.75, 3.05) is 11.9 Å². The highest BCUT2D eigenvalue weighted by molar-refractivity contribution is 5.78. The molecule has 0 unspecified atom stereocenters. The molecule has 1 rings (SSSR count). The third-order valence-electron chi connectivity index (χ3n) is 1.07. The van der Waals surface area contributed by atoms with E-state index < -0.39 is 5.91 Å². The Morgan fingerprint density at radius 3 is 3.09 bits per heavy atom. The Kier molecular flexibility index (Phi) is 2.10. The number of anilines is 1. The SMILES string of the molecule is Cc1cc(NCC(N)=O)no1. The van der Waals surface area contributed by atoms with Crippen LogP contribution >= 0.6 is 0 Å². The molecule has 0 saturated carbocycles. The normalized spacial score (nSPS) is 9.55. The Bertz CT molecular complexity index is 256. The number of carbonyl (C=O) groups is 1. The van der Waals surface area contributed by atoms with E-state index in [0.717, 1.165) is 0 Å². The molecule has 11 heavy (non-hydrogen) atoms. The lowest BCUT2D eigenvalue weighted by Crippen LogP contribution is -2.21. The van der Waals surface area contributed by atoms with Crippen molar-refractivity contribution in [2.45, 2.75) is 6.92 Å². The lowest BCUT2D eigenvalue weighted by atomic mass is 10.5. The van der Waals surface area contributed by atoms with E-state index in [4.69, 9.17) is 10.3 Å². The molecule has 0 radical (unpaired) electrons. The van der Waals surface area contributed by atoms with Crippen LogP contribution in [0.2, 0.25) is 0 Å². The third-order valence-corrected chi connectivity index (χ3v) is 1.07. The van der Waals surface area contributed by atoms with E-state index in [1.807, 2.05) is 0 Å². The van der Waals surface area contributed by atoms with Crippen molar-refractivity contribution in [3.05, 3.63) is 11.8 Å². The van der Waals surface area contributed by atoms with Crippen molar-refractivity contribution in [1.82, 2.24) is 5.16 Å². The number of hydrogen-bond donors (Lipinski definition) is 2. The second-order valence-electron chi connectivity index (χ2n) is 2.14. The van der Waals surface area contributed by atoms with Crippen molar-refractivity contribution < 1.29 is 9.32 Å². The van der Waals surface area contributed by atoms with Gasteiger partial charge in [-0.1, -0.05) is 5.16 Å². The van der Waals surface area contributed by atoms with Gasteiger partial charge in [-0.05, 0) is 6.92 Å². The summed E-state index contributed by atoms with van der Waals surface area (Å²) in [5.74, 6) is 0.795. The summed E-state index contributed by atoms with van der Waals surface area (Å²) in [6.45, 7) is 1.84. The van der Waals surface area contributed by atoms with E-state index in [0.29, 0.717) is 11.6 Å². The van der Waals surface area contributed by atoms with Crippen LogP contribution in [-0.4, -0.2) is 17.6 Å². The average Bonchev–Trinajstić information content (AvgIpc) is 2.31. The fourth-order valence-corrected chi connectivity index (χ4v) is 0.627.